The number of halogens is 3. The number of likely N-dealkylation sites (tertiary alicyclic amines) is 1. The molecular formula is C16H23F3N4O2. The molecule has 1 aliphatic rings. The van der Waals surface area contributed by atoms with Crippen molar-refractivity contribution in [1.82, 2.24) is 20.0 Å². The summed E-state index contributed by atoms with van der Waals surface area (Å²) in [5, 5.41) is 6.56. The van der Waals surface area contributed by atoms with E-state index in [2.05, 4.69) is 10.4 Å². The lowest BCUT2D eigenvalue weighted by molar-refractivity contribution is -0.144. The Morgan fingerprint density at radius 3 is 2.76 bits per heavy atom. The summed E-state index contributed by atoms with van der Waals surface area (Å²) in [5.41, 5.74) is -0.491. The molecule has 0 aliphatic carbocycles. The summed E-state index contributed by atoms with van der Waals surface area (Å²) in [6.45, 7) is 4.09. The zero-order valence-corrected chi connectivity index (χ0v) is 14.4. The number of rotatable bonds is 6. The maximum absolute atomic E-state index is 13.0. The zero-order chi connectivity index (χ0) is 18.6. The van der Waals surface area contributed by atoms with Crippen LogP contribution in [-0.4, -0.2) is 46.1 Å². The van der Waals surface area contributed by atoms with Gasteiger partial charge in [0.25, 0.3) is 0 Å². The number of hydrogen-bond acceptors (Lipinski definition) is 3. The first kappa shape index (κ1) is 19.3. The van der Waals surface area contributed by atoms with E-state index in [1.54, 1.807) is 6.92 Å². The van der Waals surface area contributed by atoms with Gasteiger partial charge in [0.15, 0.2) is 0 Å². The Morgan fingerprint density at radius 2 is 2.12 bits per heavy atom. The largest absolute Gasteiger partial charge is 0.433 e. The molecule has 0 aromatic carbocycles. The summed E-state index contributed by atoms with van der Waals surface area (Å²) in [6.07, 6.45) is -2.27. The quantitative estimate of drug-likeness (QED) is 0.844. The summed E-state index contributed by atoms with van der Waals surface area (Å²) in [4.78, 5) is 25.1. The van der Waals surface area contributed by atoms with E-state index >= 15 is 0 Å². The van der Waals surface area contributed by atoms with Crippen LogP contribution in [0.1, 0.15) is 37.6 Å². The highest BCUT2D eigenvalue weighted by molar-refractivity contribution is 5.85. The number of aromatic nitrogens is 2. The molecule has 9 heteroatoms. The molecule has 0 radical (unpaired) electrons. The SMILES string of the molecule is Cc1cc(C(F)(F)F)n(C[C@H](C)CNC(=O)CN2CCCCC2=O)n1. The van der Waals surface area contributed by atoms with Gasteiger partial charge in [0.1, 0.15) is 5.69 Å². The molecule has 1 N–H and O–H groups in total. The molecule has 2 amide bonds. The average Bonchev–Trinajstić information content (AvgIpc) is 2.88. The van der Waals surface area contributed by atoms with Gasteiger partial charge in [-0.3, -0.25) is 14.3 Å². The summed E-state index contributed by atoms with van der Waals surface area (Å²) < 4.78 is 39.8. The lowest BCUT2D eigenvalue weighted by Crippen LogP contribution is -2.44. The Labute approximate surface area is 144 Å². The van der Waals surface area contributed by atoms with Crippen molar-refractivity contribution in [3.63, 3.8) is 0 Å². The molecule has 0 bridgehead atoms. The van der Waals surface area contributed by atoms with Gasteiger partial charge in [-0.1, -0.05) is 6.92 Å². The van der Waals surface area contributed by atoms with Crippen molar-refractivity contribution < 1.29 is 22.8 Å². The number of alkyl halides is 3. The van der Waals surface area contributed by atoms with E-state index in [0.29, 0.717) is 18.7 Å². The lowest BCUT2D eigenvalue weighted by atomic mass is 10.1. The minimum Gasteiger partial charge on any atom is -0.354 e. The van der Waals surface area contributed by atoms with Crippen molar-refractivity contribution in [3.8, 4) is 0 Å². The minimum absolute atomic E-state index is 0.000231. The number of amides is 2. The number of hydrogen-bond donors (Lipinski definition) is 1. The fraction of sp³-hybridized carbons (Fsp3) is 0.688. The Kier molecular flexibility index (Phi) is 6.07. The summed E-state index contributed by atoms with van der Waals surface area (Å²) in [6, 6.07) is 1.01. The van der Waals surface area contributed by atoms with Gasteiger partial charge in [-0.15, -0.1) is 0 Å². The highest BCUT2D eigenvalue weighted by Crippen LogP contribution is 2.30. The number of nitrogens with zero attached hydrogens (tertiary/aromatic N) is 3. The number of nitrogens with one attached hydrogen (secondary N) is 1. The number of carbonyl (C=O) groups is 2. The van der Waals surface area contributed by atoms with Gasteiger partial charge < -0.3 is 10.2 Å². The van der Waals surface area contributed by atoms with Crippen molar-refractivity contribution in [3.05, 3.63) is 17.5 Å². The maximum Gasteiger partial charge on any atom is 0.433 e. The average molecular weight is 360 g/mol. The molecule has 0 spiro atoms. The molecule has 1 saturated heterocycles. The van der Waals surface area contributed by atoms with E-state index in [1.807, 2.05) is 0 Å². The standard InChI is InChI=1S/C16H23F3N4O2/c1-11(9-23-13(16(17,18)19)7-12(2)21-23)8-20-14(24)10-22-6-4-3-5-15(22)25/h7,11H,3-6,8-10H2,1-2H3,(H,20,24)/t11-/m1/s1. The third-order valence-corrected chi connectivity index (χ3v) is 4.08. The van der Waals surface area contributed by atoms with Crippen molar-refractivity contribution in [1.29, 1.82) is 0 Å². The normalized spacial score (nSPS) is 16.8. The first-order valence-corrected chi connectivity index (χ1v) is 8.33. The molecule has 2 heterocycles. The molecule has 1 atom stereocenters. The molecule has 2 rings (SSSR count). The minimum atomic E-state index is -4.46. The second-order valence-electron chi connectivity index (χ2n) is 6.53. The van der Waals surface area contributed by atoms with Gasteiger partial charge in [-0.2, -0.15) is 18.3 Å². The highest BCUT2D eigenvalue weighted by atomic mass is 19.4. The van der Waals surface area contributed by atoms with E-state index in [-0.39, 0.29) is 37.4 Å². The molecule has 1 aliphatic heterocycles. The molecule has 1 aromatic heterocycles. The topological polar surface area (TPSA) is 67.2 Å². The van der Waals surface area contributed by atoms with Gasteiger partial charge in [0, 0.05) is 26.1 Å². The van der Waals surface area contributed by atoms with E-state index < -0.39 is 11.9 Å². The van der Waals surface area contributed by atoms with Gasteiger partial charge in [-0.05, 0) is 31.7 Å². The molecule has 0 unspecified atom stereocenters. The second-order valence-corrected chi connectivity index (χ2v) is 6.53. The predicted molar refractivity (Wildman–Crippen MR) is 84.6 cm³/mol. The molecule has 25 heavy (non-hydrogen) atoms. The van der Waals surface area contributed by atoms with Crippen LogP contribution in [0.25, 0.3) is 0 Å². The molecular weight excluding hydrogens is 337 g/mol. The van der Waals surface area contributed by atoms with Crippen LogP contribution in [0.5, 0.6) is 0 Å². The van der Waals surface area contributed by atoms with Gasteiger partial charge >= 0.3 is 6.18 Å². The van der Waals surface area contributed by atoms with Gasteiger partial charge in [0.2, 0.25) is 11.8 Å². The zero-order valence-electron chi connectivity index (χ0n) is 14.4. The summed E-state index contributed by atoms with van der Waals surface area (Å²) >= 11 is 0. The predicted octanol–water partition coefficient (Wildman–Crippen LogP) is 1.98. The number of carbonyl (C=O) groups excluding carboxylic acids is 2. The van der Waals surface area contributed by atoms with Crippen molar-refractivity contribution in [2.45, 2.75) is 45.8 Å². The van der Waals surface area contributed by atoms with Crippen LogP contribution >= 0.6 is 0 Å². The molecule has 0 saturated carbocycles. The van der Waals surface area contributed by atoms with E-state index in [1.165, 1.54) is 11.8 Å². The van der Waals surface area contributed by atoms with Crippen molar-refractivity contribution in [2.75, 3.05) is 19.6 Å². The van der Waals surface area contributed by atoms with Crippen LogP contribution in [0.15, 0.2) is 6.07 Å². The Morgan fingerprint density at radius 1 is 1.40 bits per heavy atom. The van der Waals surface area contributed by atoms with Crippen LogP contribution in [0.4, 0.5) is 13.2 Å². The Balaban J connectivity index is 1.83. The Bertz CT molecular complexity index is 627. The number of piperidine rings is 1. The van der Waals surface area contributed by atoms with Gasteiger partial charge in [0.05, 0.1) is 12.2 Å². The summed E-state index contributed by atoms with van der Waals surface area (Å²) in [5.74, 6) is -0.563. The second kappa shape index (κ2) is 7.88. The van der Waals surface area contributed by atoms with Crippen LogP contribution in [-0.2, 0) is 22.3 Å². The third kappa shape index (κ3) is 5.47. The summed E-state index contributed by atoms with van der Waals surface area (Å²) in [7, 11) is 0. The third-order valence-electron chi connectivity index (χ3n) is 4.08. The fourth-order valence-electron chi connectivity index (χ4n) is 2.82. The first-order chi connectivity index (χ1) is 11.7. The van der Waals surface area contributed by atoms with Crippen LogP contribution in [0.2, 0.25) is 0 Å². The van der Waals surface area contributed by atoms with E-state index in [4.69, 9.17) is 0 Å². The molecule has 6 nitrogen and oxygen atoms in total. The van der Waals surface area contributed by atoms with E-state index in [0.717, 1.165) is 23.6 Å². The molecule has 140 valence electrons. The van der Waals surface area contributed by atoms with E-state index in [9.17, 15) is 22.8 Å². The first-order valence-electron chi connectivity index (χ1n) is 8.33. The Hall–Kier alpha value is -2.06. The van der Waals surface area contributed by atoms with Crippen molar-refractivity contribution >= 4 is 11.8 Å². The molecule has 1 fully saturated rings. The monoisotopic (exact) mass is 360 g/mol. The smallest absolute Gasteiger partial charge is 0.354 e. The lowest BCUT2D eigenvalue weighted by Gasteiger charge is -2.26. The maximum atomic E-state index is 13.0. The van der Waals surface area contributed by atoms with Gasteiger partial charge in [-0.25, -0.2) is 0 Å². The highest BCUT2D eigenvalue weighted by Gasteiger charge is 2.35. The van der Waals surface area contributed by atoms with Crippen LogP contribution in [0.3, 0.4) is 0 Å². The molecule has 1 aromatic rings. The van der Waals surface area contributed by atoms with Crippen LogP contribution < -0.4 is 5.32 Å². The fourth-order valence-corrected chi connectivity index (χ4v) is 2.82. The van der Waals surface area contributed by atoms with Crippen LogP contribution in [0, 0.1) is 12.8 Å². The number of aryl methyl sites for hydroxylation is 1. The van der Waals surface area contributed by atoms with Crippen molar-refractivity contribution in [2.24, 2.45) is 5.92 Å².